The van der Waals surface area contributed by atoms with Gasteiger partial charge >= 0.3 is 0 Å². The lowest BCUT2D eigenvalue weighted by molar-refractivity contribution is 0.367. The fraction of sp³-hybridized carbons (Fsp3) is 0.714. The summed E-state index contributed by atoms with van der Waals surface area (Å²) in [6, 6.07) is 0.373. The summed E-state index contributed by atoms with van der Waals surface area (Å²) in [7, 11) is 3.96. The fourth-order valence-corrected chi connectivity index (χ4v) is 2.62. The highest BCUT2D eigenvalue weighted by Crippen LogP contribution is 2.34. The third-order valence-electron chi connectivity index (χ3n) is 3.53. The molecule has 20 heavy (non-hydrogen) atoms. The summed E-state index contributed by atoms with van der Waals surface area (Å²) in [5, 5.41) is 7.63. The zero-order chi connectivity index (χ0) is 14.7. The van der Waals surface area contributed by atoms with Crippen LogP contribution in [0.3, 0.4) is 0 Å². The zero-order valence-electron chi connectivity index (χ0n) is 12.4. The van der Waals surface area contributed by atoms with Crippen molar-refractivity contribution in [3.05, 3.63) is 21.0 Å². The van der Waals surface area contributed by atoms with Crippen molar-refractivity contribution in [3.8, 4) is 0 Å². The van der Waals surface area contributed by atoms with Gasteiger partial charge in [0.05, 0.1) is 18.4 Å². The molecule has 0 bridgehead atoms. The fourth-order valence-electron chi connectivity index (χ4n) is 2.20. The van der Waals surface area contributed by atoms with Crippen molar-refractivity contribution in [3.63, 3.8) is 0 Å². The van der Waals surface area contributed by atoms with Crippen LogP contribution in [0.2, 0.25) is 0 Å². The molecular formula is C14H23BrN4O. The predicted octanol–water partition coefficient (Wildman–Crippen LogP) is 2.17. The van der Waals surface area contributed by atoms with E-state index in [4.69, 9.17) is 0 Å². The van der Waals surface area contributed by atoms with Gasteiger partial charge in [-0.15, -0.1) is 0 Å². The van der Waals surface area contributed by atoms with Crippen molar-refractivity contribution in [2.75, 3.05) is 26.0 Å². The van der Waals surface area contributed by atoms with E-state index in [-0.39, 0.29) is 5.56 Å². The molecule has 2 rings (SSSR count). The minimum atomic E-state index is -0.0736. The summed E-state index contributed by atoms with van der Waals surface area (Å²) in [5.41, 5.74) is 0.722. The largest absolute Gasteiger partial charge is 0.380 e. The smallest absolute Gasteiger partial charge is 0.283 e. The first-order chi connectivity index (χ1) is 9.47. The van der Waals surface area contributed by atoms with Crippen LogP contribution in [0.25, 0.3) is 0 Å². The second-order valence-electron chi connectivity index (χ2n) is 5.93. The molecule has 0 radical (unpaired) electrons. The number of anilines is 1. The van der Waals surface area contributed by atoms with Gasteiger partial charge in [-0.3, -0.25) is 4.79 Å². The number of hydrogen-bond acceptors (Lipinski definition) is 4. The molecule has 0 spiro atoms. The maximum absolute atomic E-state index is 12.2. The van der Waals surface area contributed by atoms with E-state index in [1.807, 2.05) is 19.0 Å². The number of hydrogen-bond donors (Lipinski definition) is 1. The number of aromatic nitrogens is 2. The highest BCUT2D eigenvalue weighted by Gasteiger charge is 2.24. The van der Waals surface area contributed by atoms with Gasteiger partial charge in [0.1, 0.15) is 4.47 Å². The third kappa shape index (κ3) is 4.31. The van der Waals surface area contributed by atoms with Crippen LogP contribution in [0.4, 0.5) is 5.69 Å². The molecule has 0 amide bonds. The van der Waals surface area contributed by atoms with E-state index in [9.17, 15) is 4.79 Å². The van der Waals surface area contributed by atoms with Crippen molar-refractivity contribution >= 4 is 21.6 Å². The quantitative estimate of drug-likeness (QED) is 0.824. The molecule has 1 fully saturated rings. The molecule has 112 valence electrons. The van der Waals surface area contributed by atoms with Gasteiger partial charge in [0.2, 0.25) is 0 Å². The number of likely N-dealkylation sites (N-methyl/N-ethyl adjacent to an activating group) is 1. The summed E-state index contributed by atoms with van der Waals surface area (Å²) in [6.07, 6.45) is 5.59. The van der Waals surface area contributed by atoms with E-state index >= 15 is 0 Å². The molecule has 1 aliphatic rings. The highest BCUT2D eigenvalue weighted by atomic mass is 79.9. The Morgan fingerprint density at radius 2 is 2.25 bits per heavy atom. The van der Waals surface area contributed by atoms with E-state index in [0.717, 1.165) is 24.6 Å². The van der Waals surface area contributed by atoms with Crippen LogP contribution >= 0.6 is 15.9 Å². The Kier molecular flexibility index (Phi) is 5.21. The molecule has 1 aromatic heterocycles. The lowest BCUT2D eigenvalue weighted by atomic mass is 10.1. The van der Waals surface area contributed by atoms with Crippen molar-refractivity contribution < 1.29 is 0 Å². The predicted molar refractivity (Wildman–Crippen MR) is 85.2 cm³/mol. The molecule has 1 N–H and O–H groups in total. The maximum Gasteiger partial charge on any atom is 0.283 e. The molecule has 1 unspecified atom stereocenters. The molecule has 6 heteroatoms. The minimum Gasteiger partial charge on any atom is -0.380 e. The summed E-state index contributed by atoms with van der Waals surface area (Å²) in [6.45, 7) is 3.55. The summed E-state index contributed by atoms with van der Waals surface area (Å²) in [4.78, 5) is 14.2. The Bertz CT molecular complexity index is 510. The van der Waals surface area contributed by atoms with Crippen LogP contribution in [0.1, 0.15) is 26.2 Å². The number of nitrogens with one attached hydrogen (secondary N) is 1. The SMILES string of the molecule is CC(CC1CC1)Nc1cnn(CCN(C)C)c(=O)c1Br. The van der Waals surface area contributed by atoms with Crippen LogP contribution in [-0.4, -0.2) is 41.4 Å². The first-order valence-corrected chi connectivity index (χ1v) is 7.93. The molecule has 1 heterocycles. The van der Waals surface area contributed by atoms with Gasteiger partial charge in [0.15, 0.2) is 0 Å². The van der Waals surface area contributed by atoms with Gasteiger partial charge in [-0.2, -0.15) is 5.10 Å². The Morgan fingerprint density at radius 1 is 1.55 bits per heavy atom. The third-order valence-corrected chi connectivity index (χ3v) is 4.30. The number of nitrogens with zero attached hydrogens (tertiary/aromatic N) is 3. The van der Waals surface area contributed by atoms with Gasteiger partial charge in [-0.1, -0.05) is 12.8 Å². The standard InChI is InChI=1S/C14H23BrN4O/c1-10(8-11-4-5-11)17-12-9-16-19(7-6-18(2)3)14(20)13(12)15/h9-11,17H,4-8H2,1-3H3. The number of rotatable bonds is 7. The average Bonchev–Trinajstić information content (AvgIpc) is 3.17. The van der Waals surface area contributed by atoms with Crippen LogP contribution in [0, 0.1) is 5.92 Å². The van der Waals surface area contributed by atoms with E-state index in [1.165, 1.54) is 17.5 Å². The van der Waals surface area contributed by atoms with Gasteiger partial charge in [0.25, 0.3) is 5.56 Å². The van der Waals surface area contributed by atoms with E-state index in [1.54, 1.807) is 6.20 Å². The maximum atomic E-state index is 12.2. The second kappa shape index (κ2) is 6.72. The zero-order valence-corrected chi connectivity index (χ0v) is 14.0. The van der Waals surface area contributed by atoms with Crippen molar-refractivity contribution in [2.45, 2.75) is 38.8 Å². The van der Waals surface area contributed by atoms with Crippen LogP contribution in [0.5, 0.6) is 0 Å². The Balaban J connectivity index is 2.03. The lowest BCUT2D eigenvalue weighted by Crippen LogP contribution is -2.30. The monoisotopic (exact) mass is 342 g/mol. The molecule has 5 nitrogen and oxygen atoms in total. The Morgan fingerprint density at radius 3 is 2.85 bits per heavy atom. The summed E-state index contributed by atoms with van der Waals surface area (Å²) < 4.78 is 2.08. The average molecular weight is 343 g/mol. The topological polar surface area (TPSA) is 50.2 Å². The Hall–Kier alpha value is -0.880. The normalized spacial score (nSPS) is 16.4. The number of halogens is 1. The molecule has 0 aromatic carbocycles. The molecule has 1 saturated carbocycles. The van der Waals surface area contributed by atoms with Crippen LogP contribution in [0.15, 0.2) is 15.5 Å². The molecule has 0 saturated heterocycles. The van der Waals surface area contributed by atoms with Gasteiger partial charge in [-0.25, -0.2) is 4.68 Å². The van der Waals surface area contributed by atoms with Crippen LogP contribution in [-0.2, 0) is 6.54 Å². The summed E-state index contributed by atoms with van der Waals surface area (Å²) in [5.74, 6) is 0.865. The molecular weight excluding hydrogens is 320 g/mol. The molecule has 1 aliphatic carbocycles. The minimum absolute atomic E-state index is 0.0736. The van der Waals surface area contributed by atoms with Gasteiger partial charge < -0.3 is 10.2 Å². The molecule has 1 aromatic rings. The van der Waals surface area contributed by atoms with Gasteiger partial charge in [0, 0.05) is 12.6 Å². The van der Waals surface area contributed by atoms with E-state index < -0.39 is 0 Å². The lowest BCUT2D eigenvalue weighted by Gasteiger charge is -2.17. The van der Waals surface area contributed by atoms with Crippen molar-refractivity contribution in [1.29, 1.82) is 0 Å². The first kappa shape index (κ1) is 15.5. The Labute approximate surface area is 128 Å². The summed E-state index contributed by atoms with van der Waals surface area (Å²) >= 11 is 3.40. The molecule has 1 atom stereocenters. The van der Waals surface area contributed by atoms with E-state index in [0.29, 0.717) is 17.1 Å². The molecule has 0 aliphatic heterocycles. The highest BCUT2D eigenvalue weighted by molar-refractivity contribution is 9.10. The van der Waals surface area contributed by atoms with Crippen molar-refractivity contribution in [1.82, 2.24) is 14.7 Å². The van der Waals surface area contributed by atoms with E-state index in [2.05, 4.69) is 33.3 Å². The second-order valence-corrected chi connectivity index (χ2v) is 6.72. The van der Waals surface area contributed by atoms with Gasteiger partial charge in [-0.05, 0) is 49.3 Å². The first-order valence-electron chi connectivity index (χ1n) is 7.14. The van der Waals surface area contributed by atoms with Crippen molar-refractivity contribution in [2.24, 2.45) is 5.92 Å². The van der Waals surface area contributed by atoms with Crippen LogP contribution < -0.4 is 10.9 Å².